The average Bonchev–Trinajstić information content (AvgIpc) is 2.77. The highest BCUT2D eigenvalue weighted by molar-refractivity contribution is 8.00. The summed E-state index contributed by atoms with van der Waals surface area (Å²) in [4.78, 5) is 0. The highest BCUT2D eigenvalue weighted by Gasteiger charge is 2.20. The summed E-state index contributed by atoms with van der Waals surface area (Å²) in [7, 11) is 1.99. The SMILES string of the molecule is CC1CC(NCCc2nncn2C)CS1. The first kappa shape index (κ1) is 11.0. The standard InChI is InChI=1S/C10H18N4S/c1-8-5-9(6-15-8)11-4-3-10-13-12-7-14(10)2/h7-9,11H,3-6H2,1-2H3. The van der Waals surface area contributed by atoms with Crippen LogP contribution in [-0.4, -0.2) is 38.4 Å². The first-order valence-electron chi connectivity index (χ1n) is 5.43. The van der Waals surface area contributed by atoms with Crippen LogP contribution in [0.3, 0.4) is 0 Å². The maximum absolute atomic E-state index is 4.06. The highest BCUT2D eigenvalue weighted by atomic mass is 32.2. The first-order chi connectivity index (χ1) is 7.25. The van der Waals surface area contributed by atoms with Crippen molar-refractivity contribution in [3.63, 3.8) is 0 Å². The molecule has 1 aliphatic heterocycles. The number of aromatic nitrogens is 3. The number of aryl methyl sites for hydroxylation is 1. The molecule has 0 bridgehead atoms. The van der Waals surface area contributed by atoms with E-state index < -0.39 is 0 Å². The van der Waals surface area contributed by atoms with Gasteiger partial charge < -0.3 is 9.88 Å². The Hall–Kier alpha value is -0.550. The predicted molar refractivity (Wildman–Crippen MR) is 63.0 cm³/mol. The molecule has 2 unspecified atom stereocenters. The smallest absolute Gasteiger partial charge is 0.133 e. The van der Waals surface area contributed by atoms with Gasteiger partial charge in [-0.05, 0) is 6.42 Å². The molecule has 4 nitrogen and oxygen atoms in total. The molecule has 1 aliphatic rings. The van der Waals surface area contributed by atoms with E-state index in [4.69, 9.17) is 0 Å². The van der Waals surface area contributed by atoms with Crippen LogP contribution in [0.5, 0.6) is 0 Å². The van der Waals surface area contributed by atoms with Crippen molar-refractivity contribution in [1.82, 2.24) is 20.1 Å². The zero-order valence-corrected chi connectivity index (χ0v) is 10.1. The maximum atomic E-state index is 4.06. The Morgan fingerprint density at radius 1 is 1.67 bits per heavy atom. The lowest BCUT2D eigenvalue weighted by atomic mass is 10.2. The van der Waals surface area contributed by atoms with E-state index in [1.54, 1.807) is 6.33 Å². The number of thioether (sulfide) groups is 1. The largest absolute Gasteiger partial charge is 0.321 e. The highest BCUT2D eigenvalue weighted by Crippen LogP contribution is 2.25. The second-order valence-corrected chi connectivity index (χ2v) is 5.61. The Kier molecular flexibility index (Phi) is 3.64. The van der Waals surface area contributed by atoms with Crippen LogP contribution in [0, 0.1) is 0 Å². The average molecular weight is 226 g/mol. The van der Waals surface area contributed by atoms with E-state index in [0.29, 0.717) is 6.04 Å². The Balaban J connectivity index is 1.69. The zero-order valence-electron chi connectivity index (χ0n) is 9.31. The number of hydrogen-bond acceptors (Lipinski definition) is 4. The van der Waals surface area contributed by atoms with Crippen LogP contribution in [0.4, 0.5) is 0 Å². The Morgan fingerprint density at radius 3 is 3.13 bits per heavy atom. The van der Waals surface area contributed by atoms with Gasteiger partial charge in [0.2, 0.25) is 0 Å². The van der Waals surface area contributed by atoms with E-state index in [1.807, 2.05) is 11.6 Å². The minimum atomic E-state index is 0.693. The molecule has 0 amide bonds. The molecule has 1 N–H and O–H groups in total. The second kappa shape index (κ2) is 4.99. The fourth-order valence-corrected chi connectivity index (χ4v) is 3.06. The van der Waals surface area contributed by atoms with E-state index in [9.17, 15) is 0 Å². The number of nitrogens with zero attached hydrogens (tertiary/aromatic N) is 3. The minimum Gasteiger partial charge on any atom is -0.321 e. The van der Waals surface area contributed by atoms with Gasteiger partial charge in [-0.3, -0.25) is 0 Å². The third-order valence-corrected chi connectivity index (χ3v) is 4.14. The first-order valence-corrected chi connectivity index (χ1v) is 6.48. The van der Waals surface area contributed by atoms with Crippen LogP contribution < -0.4 is 5.32 Å². The van der Waals surface area contributed by atoms with Gasteiger partial charge in [0.15, 0.2) is 0 Å². The van der Waals surface area contributed by atoms with Crippen molar-refractivity contribution in [2.24, 2.45) is 7.05 Å². The summed E-state index contributed by atoms with van der Waals surface area (Å²) < 4.78 is 1.98. The molecule has 2 heterocycles. The quantitative estimate of drug-likeness (QED) is 0.826. The van der Waals surface area contributed by atoms with E-state index in [1.165, 1.54) is 12.2 Å². The van der Waals surface area contributed by atoms with Crippen LogP contribution in [0.1, 0.15) is 19.2 Å². The fourth-order valence-electron chi connectivity index (χ4n) is 1.88. The summed E-state index contributed by atoms with van der Waals surface area (Å²) in [6.07, 6.45) is 4.01. The van der Waals surface area contributed by atoms with Crippen molar-refractivity contribution in [2.75, 3.05) is 12.3 Å². The monoisotopic (exact) mass is 226 g/mol. The lowest BCUT2D eigenvalue weighted by Gasteiger charge is -2.10. The summed E-state index contributed by atoms with van der Waals surface area (Å²) in [6, 6.07) is 0.693. The van der Waals surface area contributed by atoms with Gasteiger partial charge >= 0.3 is 0 Å². The molecule has 1 aromatic heterocycles. The molecule has 0 radical (unpaired) electrons. The molecular formula is C10H18N4S. The number of hydrogen-bond donors (Lipinski definition) is 1. The normalized spacial score (nSPS) is 26.0. The molecule has 0 aliphatic carbocycles. The minimum absolute atomic E-state index is 0.693. The van der Waals surface area contributed by atoms with Gasteiger partial charge in [0.1, 0.15) is 12.2 Å². The number of nitrogens with one attached hydrogen (secondary N) is 1. The lowest BCUT2D eigenvalue weighted by Crippen LogP contribution is -2.31. The zero-order chi connectivity index (χ0) is 10.7. The Morgan fingerprint density at radius 2 is 2.53 bits per heavy atom. The molecule has 0 aromatic carbocycles. The van der Waals surface area contributed by atoms with Crippen molar-refractivity contribution in [2.45, 2.75) is 31.1 Å². The second-order valence-electron chi connectivity index (χ2n) is 4.14. The van der Waals surface area contributed by atoms with Crippen molar-refractivity contribution < 1.29 is 0 Å². The van der Waals surface area contributed by atoms with Crippen LogP contribution in [0.2, 0.25) is 0 Å². The molecule has 0 saturated carbocycles. The molecule has 0 spiro atoms. The van der Waals surface area contributed by atoms with Crippen molar-refractivity contribution >= 4 is 11.8 Å². The maximum Gasteiger partial charge on any atom is 0.133 e. The topological polar surface area (TPSA) is 42.7 Å². The van der Waals surface area contributed by atoms with Crippen molar-refractivity contribution in [3.8, 4) is 0 Å². The van der Waals surface area contributed by atoms with Gasteiger partial charge in [0, 0.05) is 37.1 Å². The van der Waals surface area contributed by atoms with Crippen molar-refractivity contribution in [3.05, 3.63) is 12.2 Å². The molecule has 15 heavy (non-hydrogen) atoms. The van der Waals surface area contributed by atoms with Gasteiger partial charge in [0.25, 0.3) is 0 Å². The van der Waals surface area contributed by atoms with Gasteiger partial charge in [-0.1, -0.05) is 6.92 Å². The summed E-state index contributed by atoms with van der Waals surface area (Å²) in [5.41, 5.74) is 0. The molecule has 1 aromatic rings. The molecule has 2 rings (SSSR count). The van der Waals surface area contributed by atoms with Gasteiger partial charge in [-0.15, -0.1) is 10.2 Å². The van der Waals surface area contributed by atoms with Gasteiger partial charge in [-0.25, -0.2) is 0 Å². The molecule has 2 atom stereocenters. The van der Waals surface area contributed by atoms with Crippen LogP contribution >= 0.6 is 11.8 Å². The lowest BCUT2D eigenvalue weighted by molar-refractivity contribution is 0.533. The van der Waals surface area contributed by atoms with Crippen LogP contribution in [-0.2, 0) is 13.5 Å². The molecule has 84 valence electrons. The third-order valence-electron chi connectivity index (χ3n) is 2.79. The molecule has 1 saturated heterocycles. The van der Waals surface area contributed by atoms with Crippen LogP contribution in [0.25, 0.3) is 0 Å². The summed E-state index contributed by atoms with van der Waals surface area (Å²) in [5.74, 6) is 2.31. The van der Waals surface area contributed by atoms with E-state index in [-0.39, 0.29) is 0 Å². The van der Waals surface area contributed by atoms with Gasteiger partial charge in [0.05, 0.1) is 0 Å². The predicted octanol–water partition coefficient (Wildman–Crippen LogP) is 0.841. The third kappa shape index (κ3) is 2.95. The molecule has 5 heteroatoms. The molecular weight excluding hydrogens is 208 g/mol. The summed E-state index contributed by atoms with van der Waals surface area (Å²) >= 11 is 2.06. The van der Waals surface area contributed by atoms with E-state index in [2.05, 4.69) is 34.2 Å². The summed E-state index contributed by atoms with van der Waals surface area (Å²) in [5, 5.41) is 12.3. The van der Waals surface area contributed by atoms with Gasteiger partial charge in [-0.2, -0.15) is 11.8 Å². The molecule has 1 fully saturated rings. The fraction of sp³-hybridized carbons (Fsp3) is 0.800. The van der Waals surface area contributed by atoms with Crippen molar-refractivity contribution in [1.29, 1.82) is 0 Å². The summed E-state index contributed by atoms with van der Waals surface area (Å²) in [6.45, 7) is 3.31. The number of rotatable bonds is 4. The van der Waals surface area contributed by atoms with E-state index >= 15 is 0 Å². The Bertz CT molecular complexity index is 312. The van der Waals surface area contributed by atoms with Crippen LogP contribution in [0.15, 0.2) is 6.33 Å². The Labute approximate surface area is 94.8 Å². The van der Waals surface area contributed by atoms with E-state index in [0.717, 1.165) is 24.0 Å².